The summed E-state index contributed by atoms with van der Waals surface area (Å²) in [6.45, 7) is 1.97. The number of ether oxygens (including phenoxy) is 1. The van der Waals surface area contributed by atoms with Crippen molar-refractivity contribution < 1.29 is 13.9 Å². The molecule has 5 heteroatoms. The van der Waals surface area contributed by atoms with Crippen LogP contribution in [0.15, 0.2) is 36.7 Å². The van der Waals surface area contributed by atoms with Crippen LogP contribution in [0.5, 0.6) is 0 Å². The Morgan fingerprint density at radius 1 is 1.45 bits per heavy atom. The summed E-state index contributed by atoms with van der Waals surface area (Å²) in [7, 11) is 1.76. The molecule has 0 aliphatic carbocycles. The fourth-order valence-electron chi connectivity index (χ4n) is 1.80. The lowest BCUT2D eigenvalue weighted by Crippen LogP contribution is -2.10. The molecule has 0 fully saturated rings. The van der Waals surface area contributed by atoms with Crippen LogP contribution in [0.1, 0.15) is 18.3 Å². The molecule has 20 heavy (non-hydrogen) atoms. The lowest BCUT2D eigenvalue weighted by molar-refractivity contribution is -0.136. The molecule has 2 aromatic rings. The predicted molar refractivity (Wildman–Crippen MR) is 74.1 cm³/mol. The van der Waals surface area contributed by atoms with Crippen molar-refractivity contribution >= 4 is 17.6 Å². The average molecular weight is 274 g/mol. The van der Waals surface area contributed by atoms with E-state index in [-0.39, 0.29) is 12.2 Å². The molecule has 2 rings (SSSR count). The van der Waals surface area contributed by atoms with Crippen LogP contribution in [-0.4, -0.2) is 22.1 Å². The van der Waals surface area contributed by atoms with E-state index in [1.807, 2.05) is 0 Å². The van der Waals surface area contributed by atoms with Crippen molar-refractivity contribution in [3.8, 4) is 0 Å². The third-order valence-electron chi connectivity index (χ3n) is 2.76. The molecule has 0 aliphatic heterocycles. The van der Waals surface area contributed by atoms with Crippen molar-refractivity contribution in [2.24, 2.45) is 7.05 Å². The number of aromatic nitrogens is 2. The van der Waals surface area contributed by atoms with E-state index in [0.29, 0.717) is 11.4 Å². The molecule has 0 saturated heterocycles. The Morgan fingerprint density at radius 2 is 2.20 bits per heavy atom. The molecule has 104 valence electrons. The Morgan fingerprint density at radius 3 is 2.80 bits per heavy atom. The van der Waals surface area contributed by atoms with Crippen LogP contribution in [0, 0.1) is 5.82 Å². The first-order valence-corrected chi connectivity index (χ1v) is 6.24. The van der Waals surface area contributed by atoms with Crippen molar-refractivity contribution in [2.45, 2.75) is 6.92 Å². The maximum absolute atomic E-state index is 13.7. The zero-order valence-electron chi connectivity index (χ0n) is 11.3. The summed E-state index contributed by atoms with van der Waals surface area (Å²) < 4.78 is 20.4. The van der Waals surface area contributed by atoms with E-state index in [1.165, 1.54) is 12.1 Å². The maximum atomic E-state index is 13.7. The van der Waals surface area contributed by atoms with Crippen LogP contribution in [0.3, 0.4) is 0 Å². The summed E-state index contributed by atoms with van der Waals surface area (Å²) in [5.41, 5.74) is 0.544. The van der Waals surface area contributed by atoms with Gasteiger partial charge in [-0.15, -0.1) is 0 Å². The van der Waals surface area contributed by atoms with Gasteiger partial charge in [-0.3, -0.25) is 0 Å². The fourth-order valence-corrected chi connectivity index (χ4v) is 1.80. The standard InChI is InChI=1S/C15H15FN2O2/c1-3-20-15(19)12(14-17-8-9-18(14)2)10-11-6-4-5-7-13(11)16/h4-10H,3H2,1-2H3. The van der Waals surface area contributed by atoms with E-state index in [4.69, 9.17) is 4.74 Å². The van der Waals surface area contributed by atoms with Gasteiger partial charge in [0, 0.05) is 25.0 Å². The van der Waals surface area contributed by atoms with Gasteiger partial charge in [-0.05, 0) is 19.1 Å². The van der Waals surface area contributed by atoms with Gasteiger partial charge in [0.1, 0.15) is 17.2 Å². The molecule has 1 heterocycles. The first kappa shape index (κ1) is 14.0. The number of imidazole rings is 1. The second-order valence-electron chi connectivity index (χ2n) is 4.16. The van der Waals surface area contributed by atoms with E-state index in [9.17, 15) is 9.18 Å². The number of carbonyl (C=O) groups excluding carboxylic acids is 1. The fraction of sp³-hybridized carbons (Fsp3) is 0.200. The minimum absolute atomic E-state index is 0.226. The van der Waals surface area contributed by atoms with E-state index in [0.717, 1.165) is 0 Å². The van der Waals surface area contributed by atoms with Crippen molar-refractivity contribution in [3.63, 3.8) is 0 Å². The number of halogens is 1. The SMILES string of the molecule is CCOC(=O)C(=Cc1ccccc1F)c1nccn1C. The number of esters is 1. The van der Waals surface area contributed by atoms with Gasteiger partial charge in [0.15, 0.2) is 0 Å². The Bertz CT molecular complexity index is 647. The molecule has 1 aromatic carbocycles. The molecule has 0 atom stereocenters. The highest BCUT2D eigenvalue weighted by Gasteiger charge is 2.18. The van der Waals surface area contributed by atoms with Crippen LogP contribution in [0.25, 0.3) is 11.6 Å². The van der Waals surface area contributed by atoms with Crippen LogP contribution in [-0.2, 0) is 16.6 Å². The van der Waals surface area contributed by atoms with Gasteiger partial charge in [0.2, 0.25) is 0 Å². The molecule has 0 unspecified atom stereocenters. The normalized spacial score (nSPS) is 11.4. The van der Waals surface area contributed by atoms with E-state index in [2.05, 4.69) is 4.98 Å². The largest absolute Gasteiger partial charge is 0.462 e. The average Bonchev–Trinajstić information content (AvgIpc) is 2.84. The minimum atomic E-state index is -0.523. The smallest absolute Gasteiger partial charge is 0.341 e. The number of benzene rings is 1. The Balaban J connectivity index is 2.50. The zero-order chi connectivity index (χ0) is 14.5. The molecule has 0 N–H and O–H groups in total. The number of rotatable bonds is 4. The molecule has 0 spiro atoms. The molecular weight excluding hydrogens is 259 g/mol. The van der Waals surface area contributed by atoms with E-state index >= 15 is 0 Å². The summed E-state index contributed by atoms with van der Waals surface area (Å²) >= 11 is 0. The first-order chi connectivity index (χ1) is 9.63. The van der Waals surface area contributed by atoms with Gasteiger partial charge >= 0.3 is 5.97 Å². The van der Waals surface area contributed by atoms with Crippen molar-refractivity contribution in [1.29, 1.82) is 0 Å². The maximum Gasteiger partial charge on any atom is 0.341 e. The van der Waals surface area contributed by atoms with Gasteiger partial charge in [0.25, 0.3) is 0 Å². The quantitative estimate of drug-likeness (QED) is 0.636. The van der Waals surface area contributed by atoms with Gasteiger partial charge in [-0.1, -0.05) is 18.2 Å². The Labute approximate surface area is 116 Å². The topological polar surface area (TPSA) is 44.1 Å². The lowest BCUT2D eigenvalue weighted by Gasteiger charge is -2.07. The van der Waals surface area contributed by atoms with Gasteiger partial charge < -0.3 is 9.30 Å². The van der Waals surface area contributed by atoms with Crippen molar-refractivity contribution in [3.05, 3.63) is 53.9 Å². The zero-order valence-corrected chi connectivity index (χ0v) is 11.3. The molecule has 1 aromatic heterocycles. The Kier molecular flexibility index (Phi) is 4.30. The van der Waals surface area contributed by atoms with Gasteiger partial charge in [0.05, 0.1) is 6.61 Å². The molecule has 0 aliphatic rings. The highest BCUT2D eigenvalue weighted by molar-refractivity contribution is 6.20. The summed E-state index contributed by atoms with van der Waals surface area (Å²) in [4.78, 5) is 16.2. The number of hydrogen-bond acceptors (Lipinski definition) is 3. The molecule has 4 nitrogen and oxygen atoms in total. The lowest BCUT2D eigenvalue weighted by atomic mass is 10.1. The number of nitrogens with zero attached hydrogens (tertiary/aromatic N) is 2. The first-order valence-electron chi connectivity index (χ1n) is 6.24. The number of carbonyl (C=O) groups is 1. The monoisotopic (exact) mass is 274 g/mol. The van der Waals surface area contributed by atoms with Crippen LogP contribution >= 0.6 is 0 Å². The summed E-state index contributed by atoms with van der Waals surface area (Å²) in [6, 6.07) is 6.23. The molecule has 0 radical (unpaired) electrons. The third-order valence-corrected chi connectivity index (χ3v) is 2.76. The molecular formula is C15H15FN2O2. The van der Waals surface area contributed by atoms with E-state index < -0.39 is 11.8 Å². The summed E-state index contributed by atoms with van der Waals surface area (Å²) in [5, 5.41) is 0. The third kappa shape index (κ3) is 2.93. The van der Waals surface area contributed by atoms with Crippen LogP contribution < -0.4 is 0 Å². The molecule has 0 amide bonds. The summed E-state index contributed by atoms with van der Waals surface area (Å²) in [5.74, 6) is -0.486. The highest BCUT2D eigenvalue weighted by atomic mass is 19.1. The molecule has 0 saturated carbocycles. The highest BCUT2D eigenvalue weighted by Crippen LogP contribution is 2.19. The molecule has 0 bridgehead atoms. The van der Waals surface area contributed by atoms with E-state index in [1.54, 1.807) is 49.1 Å². The van der Waals surface area contributed by atoms with Crippen LogP contribution in [0.2, 0.25) is 0 Å². The second-order valence-corrected chi connectivity index (χ2v) is 4.16. The van der Waals surface area contributed by atoms with Crippen molar-refractivity contribution in [1.82, 2.24) is 9.55 Å². The summed E-state index contributed by atoms with van der Waals surface area (Å²) in [6.07, 6.45) is 4.74. The second kappa shape index (κ2) is 6.14. The minimum Gasteiger partial charge on any atom is -0.462 e. The predicted octanol–water partition coefficient (Wildman–Crippen LogP) is 2.66. The Hall–Kier alpha value is -2.43. The van der Waals surface area contributed by atoms with Gasteiger partial charge in [-0.25, -0.2) is 14.2 Å². The number of aryl methyl sites for hydroxylation is 1. The number of hydrogen-bond donors (Lipinski definition) is 0. The van der Waals surface area contributed by atoms with Crippen molar-refractivity contribution in [2.75, 3.05) is 6.61 Å². The van der Waals surface area contributed by atoms with Gasteiger partial charge in [-0.2, -0.15) is 0 Å². The van der Waals surface area contributed by atoms with Crippen LogP contribution in [0.4, 0.5) is 4.39 Å².